The first-order chi connectivity index (χ1) is 27.9. The van der Waals surface area contributed by atoms with E-state index in [1.165, 1.54) is 6.07 Å². The zero-order valence-electron chi connectivity index (χ0n) is 30.2. The summed E-state index contributed by atoms with van der Waals surface area (Å²) in [6.45, 7) is 0. The van der Waals surface area contributed by atoms with E-state index < -0.39 is 11.7 Å². The number of pyridine rings is 1. The van der Waals surface area contributed by atoms with Crippen molar-refractivity contribution in [2.24, 2.45) is 0 Å². The van der Waals surface area contributed by atoms with Gasteiger partial charge in [0.2, 0.25) is 0 Å². The Balaban J connectivity index is 1.19. The summed E-state index contributed by atoms with van der Waals surface area (Å²) < 4.78 is 48.6. The monoisotopic (exact) mass is 745 g/mol. The second-order valence-corrected chi connectivity index (χ2v) is 14.2. The van der Waals surface area contributed by atoms with E-state index in [2.05, 4.69) is 75.2 Å². The standard InChI is InChI=1S/C49H30F3N5/c50-49(51,52)40-29-44-39(28-38(40)30-13-3-1-4-14-30)35-25-24-31(27-43(35)57(44)45-23-9-10-26-53-45)33-18-12-22-42-47(33)55-48(56(42)32-15-5-2-6-16-32)37-20-11-19-36-34-17-7-8-21-41(34)54-46(36)37/h1-29,54H. The van der Waals surface area contributed by atoms with Crippen molar-refractivity contribution in [1.82, 2.24) is 24.1 Å². The van der Waals surface area contributed by atoms with Crippen molar-refractivity contribution in [2.75, 3.05) is 0 Å². The Labute approximate surface area is 323 Å². The molecular formula is C49H30F3N5. The molecule has 0 atom stereocenters. The van der Waals surface area contributed by atoms with Crippen molar-refractivity contribution in [3.05, 3.63) is 182 Å². The van der Waals surface area contributed by atoms with E-state index in [4.69, 9.17) is 4.98 Å². The highest BCUT2D eigenvalue weighted by Crippen LogP contribution is 2.44. The third kappa shape index (κ3) is 5.18. The van der Waals surface area contributed by atoms with E-state index in [9.17, 15) is 13.2 Å². The third-order valence-electron chi connectivity index (χ3n) is 11.0. The van der Waals surface area contributed by atoms with Crippen molar-refractivity contribution in [2.45, 2.75) is 6.18 Å². The first-order valence-corrected chi connectivity index (χ1v) is 18.7. The lowest BCUT2D eigenvalue weighted by molar-refractivity contribution is -0.137. The lowest BCUT2D eigenvalue weighted by atomic mass is 9.96. The van der Waals surface area contributed by atoms with Crippen LogP contribution in [-0.2, 0) is 6.18 Å². The molecule has 4 aromatic heterocycles. The van der Waals surface area contributed by atoms with Gasteiger partial charge < -0.3 is 4.98 Å². The van der Waals surface area contributed by atoms with Gasteiger partial charge in [0, 0.05) is 50.1 Å². The number of rotatable bonds is 5. The van der Waals surface area contributed by atoms with Crippen LogP contribution in [0.3, 0.4) is 0 Å². The average molecular weight is 746 g/mol. The van der Waals surface area contributed by atoms with E-state index in [1.807, 2.05) is 65.2 Å². The first-order valence-electron chi connectivity index (χ1n) is 18.7. The number of benzene rings is 7. The summed E-state index contributed by atoms with van der Waals surface area (Å²) in [6, 6.07) is 54.3. The fraction of sp³-hybridized carbons (Fsp3) is 0.0204. The Hall–Kier alpha value is -7.45. The van der Waals surface area contributed by atoms with Gasteiger partial charge in [0.1, 0.15) is 11.6 Å². The van der Waals surface area contributed by atoms with Gasteiger partial charge >= 0.3 is 6.18 Å². The molecule has 1 N–H and O–H groups in total. The Morgan fingerprint density at radius 1 is 0.491 bits per heavy atom. The van der Waals surface area contributed by atoms with Crippen molar-refractivity contribution in [3.8, 4) is 45.1 Å². The quantitative estimate of drug-likeness (QED) is 0.191. The van der Waals surface area contributed by atoms with E-state index in [0.29, 0.717) is 22.3 Å². The number of hydrogen-bond acceptors (Lipinski definition) is 2. The maximum Gasteiger partial charge on any atom is 0.417 e. The Morgan fingerprint density at radius 2 is 1.21 bits per heavy atom. The molecule has 11 aromatic rings. The predicted molar refractivity (Wildman–Crippen MR) is 224 cm³/mol. The van der Waals surface area contributed by atoms with Gasteiger partial charge in [0.15, 0.2) is 0 Å². The SMILES string of the molecule is FC(F)(F)c1cc2c(cc1-c1ccccc1)c1ccc(-c3cccc4c3nc(-c3cccc5c3[nH]c3ccccc35)n4-c3ccccc3)cc1n2-c1ccccn1. The lowest BCUT2D eigenvalue weighted by Gasteiger charge is -2.15. The van der Waals surface area contributed by atoms with Gasteiger partial charge in [-0.25, -0.2) is 9.97 Å². The van der Waals surface area contributed by atoms with Gasteiger partial charge in [-0.2, -0.15) is 13.2 Å². The minimum absolute atomic E-state index is 0.133. The van der Waals surface area contributed by atoms with Gasteiger partial charge in [0.25, 0.3) is 0 Å². The summed E-state index contributed by atoms with van der Waals surface area (Å²) in [7, 11) is 0. The minimum atomic E-state index is -4.59. The Kier molecular flexibility index (Phi) is 7.25. The number of fused-ring (bicyclic) bond motifs is 7. The molecule has 5 nitrogen and oxygen atoms in total. The van der Waals surface area contributed by atoms with Gasteiger partial charge in [-0.3, -0.25) is 9.13 Å². The number of hydrogen-bond donors (Lipinski definition) is 1. The zero-order chi connectivity index (χ0) is 38.3. The number of nitrogens with zero attached hydrogens (tertiary/aromatic N) is 4. The summed E-state index contributed by atoms with van der Waals surface area (Å²) in [5.41, 5.74) is 8.59. The zero-order valence-corrected chi connectivity index (χ0v) is 30.2. The Morgan fingerprint density at radius 3 is 2.02 bits per heavy atom. The van der Waals surface area contributed by atoms with Crippen LogP contribution in [0.5, 0.6) is 0 Å². The fourth-order valence-corrected chi connectivity index (χ4v) is 8.47. The molecule has 0 saturated heterocycles. The molecular weight excluding hydrogens is 716 g/mol. The van der Waals surface area contributed by atoms with Gasteiger partial charge in [-0.05, 0) is 77.4 Å². The highest BCUT2D eigenvalue weighted by atomic mass is 19.4. The summed E-state index contributed by atoms with van der Waals surface area (Å²) in [6.07, 6.45) is -2.93. The fourth-order valence-electron chi connectivity index (χ4n) is 8.47. The minimum Gasteiger partial charge on any atom is -0.354 e. The molecule has 0 aliphatic heterocycles. The van der Waals surface area contributed by atoms with Gasteiger partial charge in [-0.15, -0.1) is 0 Å². The highest BCUT2D eigenvalue weighted by molar-refractivity contribution is 6.14. The lowest BCUT2D eigenvalue weighted by Crippen LogP contribution is -2.08. The molecule has 0 aliphatic carbocycles. The second-order valence-electron chi connectivity index (χ2n) is 14.2. The predicted octanol–water partition coefficient (Wildman–Crippen LogP) is 13.2. The molecule has 11 rings (SSSR count). The molecule has 8 heteroatoms. The molecule has 0 unspecified atom stereocenters. The number of para-hydroxylation sites is 4. The molecule has 272 valence electrons. The summed E-state index contributed by atoms with van der Waals surface area (Å²) in [4.78, 5) is 13.7. The largest absolute Gasteiger partial charge is 0.417 e. The topological polar surface area (TPSA) is 51.4 Å². The smallest absolute Gasteiger partial charge is 0.354 e. The number of imidazole rings is 1. The molecule has 7 aromatic carbocycles. The maximum atomic E-state index is 14.9. The molecule has 57 heavy (non-hydrogen) atoms. The number of alkyl halides is 3. The van der Waals surface area contributed by atoms with Crippen molar-refractivity contribution < 1.29 is 13.2 Å². The Bertz CT molecular complexity index is 3320. The maximum absolute atomic E-state index is 14.9. The molecule has 0 fully saturated rings. The highest BCUT2D eigenvalue weighted by Gasteiger charge is 2.35. The number of halogens is 3. The number of aromatic nitrogens is 5. The molecule has 0 aliphatic rings. The van der Waals surface area contributed by atoms with E-state index in [0.717, 1.165) is 71.9 Å². The van der Waals surface area contributed by atoms with Gasteiger partial charge in [0.05, 0.1) is 33.1 Å². The van der Waals surface area contributed by atoms with Crippen molar-refractivity contribution in [3.63, 3.8) is 0 Å². The van der Waals surface area contributed by atoms with Crippen LogP contribution >= 0.6 is 0 Å². The van der Waals surface area contributed by atoms with E-state index >= 15 is 0 Å². The van der Waals surface area contributed by atoms with E-state index in [1.54, 1.807) is 48.7 Å². The first kappa shape index (κ1) is 32.9. The molecule has 0 saturated carbocycles. The van der Waals surface area contributed by atoms with Crippen LogP contribution in [-0.4, -0.2) is 24.1 Å². The third-order valence-corrected chi connectivity index (χ3v) is 11.0. The van der Waals surface area contributed by atoms with Crippen LogP contribution in [0.4, 0.5) is 13.2 Å². The second kappa shape index (κ2) is 12.5. The van der Waals surface area contributed by atoms with Crippen LogP contribution in [0.2, 0.25) is 0 Å². The molecule has 0 bridgehead atoms. The summed E-state index contributed by atoms with van der Waals surface area (Å²) >= 11 is 0. The van der Waals surface area contributed by atoms with Gasteiger partial charge in [-0.1, -0.05) is 109 Å². The summed E-state index contributed by atoms with van der Waals surface area (Å²) in [5.74, 6) is 1.31. The normalized spacial score (nSPS) is 12.1. The molecule has 0 amide bonds. The van der Waals surface area contributed by atoms with Crippen LogP contribution < -0.4 is 0 Å². The summed E-state index contributed by atoms with van der Waals surface area (Å²) in [5, 5.41) is 3.78. The van der Waals surface area contributed by atoms with Crippen molar-refractivity contribution in [1.29, 1.82) is 0 Å². The number of aromatic amines is 1. The number of nitrogens with one attached hydrogen (secondary N) is 1. The van der Waals surface area contributed by atoms with Crippen molar-refractivity contribution >= 4 is 54.6 Å². The molecule has 0 spiro atoms. The van der Waals surface area contributed by atoms with Crippen LogP contribution in [0.15, 0.2) is 176 Å². The molecule has 4 heterocycles. The number of H-pyrrole nitrogens is 1. The van der Waals surface area contributed by atoms with Crippen LogP contribution in [0.1, 0.15) is 5.56 Å². The average Bonchev–Trinajstić information content (AvgIpc) is 3.93. The van der Waals surface area contributed by atoms with Crippen LogP contribution in [0.25, 0.3) is 99.8 Å². The molecule has 0 radical (unpaired) electrons. The van der Waals surface area contributed by atoms with Crippen LogP contribution in [0, 0.1) is 0 Å². The van der Waals surface area contributed by atoms with E-state index in [-0.39, 0.29) is 5.56 Å².